The Morgan fingerprint density at radius 3 is 2.84 bits per heavy atom. The zero-order valence-corrected chi connectivity index (χ0v) is 11.9. The molecule has 0 saturated heterocycles. The van der Waals surface area contributed by atoms with Crippen LogP contribution in [0.1, 0.15) is 43.1 Å². The summed E-state index contributed by atoms with van der Waals surface area (Å²) < 4.78 is 1.85. The number of amidine groups is 1. The smallest absolute Gasteiger partial charge is 0.262 e. The van der Waals surface area contributed by atoms with E-state index in [0.29, 0.717) is 5.56 Å². The van der Waals surface area contributed by atoms with Crippen molar-refractivity contribution >= 4 is 5.84 Å². The third-order valence-corrected chi connectivity index (χ3v) is 3.92. The minimum Gasteiger partial charge on any atom is -0.384 e. The fourth-order valence-corrected chi connectivity index (χ4v) is 2.65. The summed E-state index contributed by atoms with van der Waals surface area (Å²) in [6.45, 7) is 5.89. The van der Waals surface area contributed by atoms with Crippen molar-refractivity contribution < 1.29 is 0 Å². The van der Waals surface area contributed by atoms with E-state index in [9.17, 15) is 4.79 Å². The van der Waals surface area contributed by atoms with Crippen LogP contribution in [0.15, 0.2) is 10.9 Å². The topological polar surface area (TPSA) is 75.1 Å². The van der Waals surface area contributed by atoms with Crippen molar-refractivity contribution in [1.82, 2.24) is 9.47 Å². The van der Waals surface area contributed by atoms with Crippen LogP contribution in [0.4, 0.5) is 0 Å². The van der Waals surface area contributed by atoms with Gasteiger partial charge >= 0.3 is 0 Å². The second-order valence-electron chi connectivity index (χ2n) is 5.36. The Bertz CT molecular complexity index is 561. The molecule has 0 radical (unpaired) electrons. The number of likely N-dealkylation sites (N-methyl/N-ethyl adjacent to an activating group) is 1. The lowest BCUT2D eigenvalue weighted by Crippen LogP contribution is -2.38. The first-order valence-corrected chi connectivity index (χ1v) is 6.76. The molecule has 5 nitrogen and oxygen atoms in total. The fraction of sp³-hybridized carbons (Fsp3) is 0.571. The molecule has 3 N–H and O–H groups in total. The number of nitrogens with two attached hydrogens (primary N) is 1. The molecular weight excluding hydrogens is 240 g/mol. The Hall–Kier alpha value is -1.62. The van der Waals surface area contributed by atoms with Crippen LogP contribution in [0.5, 0.6) is 0 Å². The third-order valence-electron chi connectivity index (χ3n) is 3.92. The van der Waals surface area contributed by atoms with E-state index in [1.165, 1.54) is 0 Å². The van der Waals surface area contributed by atoms with Gasteiger partial charge in [0, 0.05) is 31.2 Å². The van der Waals surface area contributed by atoms with E-state index in [1.54, 1.807) is 6.07 Å². The predicted molar refractivity (Wildman–Crippen MR) is 76.8 cm³/mol. The van der Waals surface area contributed by atoms with Gasteiger partial charge in [0.15, 0.2) is 0 Å². The Labute approximate surface area is 113 Å². The summed E-state index contributed by atoms with van der Waals surface area (Å²) in [6.07, 6.45) is 1.77. The maximum absolute atomic E-state index is 12.5. The second kappa shape index (κ2) is 5.17. The minimum absolute atomic E-state index is 0.120. The number of nitrogens with zero attached hydrogens (tertiary/aromatic N) is 2. The first-order chi connectivity index (χ1) is 8.95. The van der Waals surface area contributed by atoms with E-state index in [0.717, 1.165) is 37.2 Å². The first-order valence-electron chi connectivity index (χ1n) is 6.76. The SMILES string of the molecule is CCC(C)n1c2c(cc(C(=N)N)c1=O)CN(C)CC2. The Morgan fingerprint density at radius 2 is 2.26 bits per heavy atom. The van der Waals surface area contributed by atoms with Gasteiger partial charge in [-0.15, -0.1) is 0 Å². The van der Waals surface area contributed by atoms with Crippen LogP contribution in [0.2, 0.25) is 0 Å². The summed E-state index contributed by atoms with van der Waals surface area (Å²) in [6, 6.07) is 1.94. The number of aromatic nitrogens is 1. The Balaban J connectivity index is 2.69. The van der Waals surface area contributed by atoms with E-state index in [1.807, 2.05) is 11.5 Å². The van der Waals surface area contributed by atoms with Crippen LogP contribution in [0.25, 0.3) is 0 Å². The summed E-state index contributed by atoms with van der Waals surface area (Å²) in [4.78, 5) is 14.7. The number of fused-ring (bicyclic) bond motifs is 1. The van der Waals surface area contributed by atoms with Gasteiger partial charge in [0.05, 0.1) is 5.56 Å². The Morgan fingerprint density at radius 1 is 1.58 bits per heavy atom. The summed E-state index contributed by atoms with van der Waals surface area (Å²) in [5.41, 5.74) is 7.99. The number of rotatable bonds is 3. The summed E-state index contributed by atoms with van der Waals surface area (Å²) in [7, 11) is 2.06. The van der Waals surface area contributed by atoms with Gasteiger partial charge in [0.1, 0.15) is 5.84 Å². The monoisotopic (exact) mass is 262 g/mol. The molecule has 5 heteroatoms. The van der Waals surface area contributed by atoms with Gasteiger partial charge < -0.3 is 15.2 Å². The van der Waals surface area contributed by atoms with E-state index < -0.39 is 0 Å². The van der Waals surface area contributed by atoms with Gasteiger partial charge in [-0.1, -0.05) is 6.92 Å². The van der Waals surface area contributed by atoms with Crippen molar-refractivity contribution in [3.8, 4) is 0 Å². The van der Waals surface area contributed by atoms with Gasteiger partial charge in [0.25, 0.3) is 5.56 Å². The van der Waals surface area contributed by atoms with Gasteiger partial charge in [-0.05, 0) is 32.0 Å². The molecule has 0 fully saturated rings. The molecule has 1 aliphatic heterocycles. The Kier molecular flexibility index (Phi) is 3.75. The van der Waals surface area contributed by atoms with Crippen LogP contribution in [-0.2, 0) is 13.0 Å². The highest BCUT2D eigenvalue weighted by molar-refractivity contribution is 5.94. The van der Waals surface area contributed by atoms with Crippen molar-refractivity contribution in [2.24, 2.45) is 5.73 Å². The standard InChI is InChI=1S/C14H22N4O/c1-4-9(2)18-12-5-6-17(3)8-10(12)7-11(13(15)16)14(18)19/h7,9H,4-6,8H2,1-3H3,(H3,15,16). The van der Waals surface area contributed by atoms with Gasteiger partial charge in [0.2, 0.25) is 0 Å². The highest BCUT2D eigenvalue weighted by Crippen LogP contribution is 2.21. The normalized spacial score (nSPS) is 17.0. The molecule has 0 aliphatic carbocycles. The lowest BCUT2D eigenvalue weighted by Gasteiger charge is -2.30. The molecule has 0 amide bonds. The molecule has 2 heterocycles. The molecular formula is C14H22N4O. The van der Waals surface area contributed by atoms with Gasteiger partial charge in [-0.3, -0.25) is 10.2 Å². The molecule has 19 heavy (non-hydrogen) atoms. The summed E-state index contributed by atoms with van der Waals surface area (Å²) >= 11 is 0. The lowest BCUT2D eigenvalue weighted by molar-refractivity contribution is 0.300. The number of hydrogen-bond acceptors (Lipinski definition) is 3. The van der Waals surface area contributed by atoms with E-state index in [4.69, 9.17) is 11.1 Å². The third kappa shape index (κ3) is 2.42. The first kappa shape index (κ1) is 13.8. The summed E-state index contributed by atoms with van der Waals surface area (Å²) in [5.74, 6) is -0.141. The fourth-order valence-electron chi connectivity index (χ4n) is 2.65. The van der Waals surface area contributed by atoms with Crippen molar-refractivity contribution in [3.05, 3.63) is 33.2 Å². The molecule has 2 rings (SSSR count). The minimum atomic E-state index is -0.141. The number of hydrogen-bond donors (Lipinski definition) is 2. The predicted octanol–water partition coefficient (Wildman–Crippen LogP) is 1.09. The van der Waals surface area contributed by atoms with Crippen molar-refractivity contribution in [1.29, 1.82) is 5.41 Å². The van der Waals surface area contributed by atoms with Crippen molar-refractivity contribution in [2.75, 3.05) is 13.6 Å². The molecule has 0 spiro atoms. The molecule has 0 aromatic carbocycles. The highest BCUT2D eigenvalue weighted by atomic mass is 16.1. The van der Waals surface area contributed by atoms with E-state index in [-0.39, 0.29) is 17.4 Å². The molecule has 1 atom stereocenters. The second-order valence-corrected chi connectivity index (χ2v) is 5.36. The van der Waals surface area contributed by atoms with Crippen LogP contribution in [0, 0.1) is 5.41 Å². The van der Waals surface area contributed by atoms with Crippen LogP contribution < -0.4 is 11.3 Å². The maximum atomic E-state index is 12.5. The quantitative estimate of drug-likeness (QED) is 0.632. The molecule has 1 aromatic heterocycles. The number of nitrogens with one attached hydrogen (secondary N) is 1. The van der Waals surface area contributed by atoms with Gasteiger partial charge in [-0.25, -0.2) is 0 Å². The molecule has 104 valence electrons. The van der Waals surface area contributed by atoms with Crippen molar-refractivity contribution in [2.45, 2.75) is 39.3 Å². The van der Waals surface area contributed by atoms with Crippen LogP contribution in [0.3, 0.4) is 0 Å². The summed E-state index contributed by atoms with van der Waals surface area (Å²) in [5, 5.41) is 7.59. The zero-order valence-electron chi connectivity index (χ0n) is 11.9. The maximum Gasteiger partial charge on any atom is 0.262 e. The average molecular weight is 262 g/mol. The molecule has 1 unspecified atom stereocenters. The number of pyridine rings is 1. The molecule has 0 bridgehead atoms. The largest absolute Gasteiger partial charge is 0.384 e. The lowest BCUT2D eigenvalue weighted by atomic mass is 10.0. The number of nitrogen functional groups attached to an aromatic ring is 1. The van der Waals surface area contributed by atoms with Gasteiger partial charge in [-0.2, -0.15) is 0 Å². The van der Waals surface area contributed by atoms with Crippen molar-refractivity contribution in [3.63, 3.8) is 0 Å². The zero-order chi connectivity index (χ0) is 14.2. The van der Waals surface area contributed by atoms with E-state index in [2.05, 4.69) is 18.9 Å². The van der Waals surface area contributed by atoms with Crippen LogP contribution >= 0.6 is 0 Å². The average Bonchev–Trinajstić information content (AvgIpc) is 2.37. The highest BCUT2D eigenvalue weighted by Gasteiger charge is 2.22. The molecule has 0 saturated carbocycles. The van der Waals surface area contributed by atoms with Crippen LogP contribution in [-0.4, -0.2) is 28.9 Å². The molecule has 1 aliphatic rings. The molecule has 1 aromatic rings. The van der Waals surface area contributed by atoms with E-state index >= 15 is 0 Å².